The normalized spacial score (nSPS) is 10.4. The molecule has 2 aromatic heterocycles. The van der Waals surface area contributed by atoms with Crippen molar-refractivity contribution in [2.45, 2.75) is 66.5 Å². The summed E-state index contributed by atoms with van der Waals surface area (Å²) in [6, 6.07) is 32.8. The molecule has 0 amide bonds. The largest absolute Gasteiger partial charge is 0.399 e. The van der Waals surface area contributed by atoms with Gasteiger partial charge < -0.3 is 20.6 Å². The second kappa shape index (κ2) is 16.7. The number of aryl methyl sites for hydroxylation is 4. The Hall–Kier alpha value is -4.73. The van der Waals surface area contributed by atoms with E-state index in [4.69, 9.17) is 16.7 Å². The zero-order chi connectivity index (χ0) is 33.9. The van der Waals surface area contributed by atoms with Gasteiger partial charge in [-0.15, -0.1) is 0 Å². The molecule has 6 nitrogen and oxygen atoms in total. The lowest BCUT2D eigenvalue weighted by atomic mass is 10.1. The van der Waals surface area contributed by atoms with Crippen LogP contribution in [-0.4, -0.2) is 9.13 Å². The third kappa shape index (κ3) is 8.75. The maximum atomic E-state index is 9.75. The Kier molecular flexibility index (Phi) is 12.5. The molecule has 0 saturated carbocycles. The van der Waals surface area contributed by atoms with E-state index in [1.54, 1.807) is 0 Å². The fourth-order valence-corrected chi connectivity index (χ4v) is 5.89. The number of nitrogens with zero attached hydrogens (tertiary/aromatic N) is 4. The molecule has 0 unspecified atom stereocenters. The lowest BCUT2D eigenvalue weighted by Gasteiger charge is -2.11. The van der Waals surface area contributed by atoms with Gasteiger partial charge in [0, 0.05) is 50.5 Å². The highest BCUT2D eigenvalue weighted by molar-refractivity contribution is 14.1. The van der Waals surface area contributed by atoms with Crippen molar-refractivity contribution in [3.05, 3.63) is 117 Å². The molecule has 4 aromatic carbocycles. The number of benzene rings is 4. The number of rotatable bonds is 7. The molecule has 0 spiro atoms. The molecule has 0 saturated heterocycles. The number of nitriles is 2. The topological polar surface area (TPSA) is 109 Å². The standard InChI is InChI=1S/C20H21N3.C14H16N2.C6H6IN/c1-3-4-11-23-19-12-14(2)5-10-17(19)18(13-21)20(23)15-6-8-16(22)9-7-15;1-3-4-7-16-10-12(9-15)13-6-5-11(2)8-14(13)16;7-5-1-3-6(8)4-2-5/h5-10,12H,3-4,11,22H2,1-2H3;5-6,8,10H,3-4,7H2,1-2H3;1-4H,8H2. The van der Waals surface area contributed by atoms with Gasteiger partial charge in [-0.05, 0) is 115 Å². The first kappa shape index (κ1) is 35.1. The maximum absolute atomic E-state index is 9.75. The van der Waals surface area contributed by atoms with Crippen LogP contribution in [0.4, 0.5) is 11.4 Å². The first-order valence-corrected chi connectivity index (χ1v) is 17.2. The van der Waals surface area contributed by atoms with Crippen LogP contribution in [0.2, 0.25) is 0 Å². The van der Waals surface area contributed by atoms with Gasteiger partial charge in [0.25, 0.3) is 0 Å². The molecule has 7 heteroatoms. The molecule has 0 bridgehead atoms. The van der Waals surface area contributed by atoms with E-state index < -0.39 is 0 Å². The second-order valence-electron chi connectivity index (χ2n) is 11.8. The van der Waals surface area contributed by atoms with Crippen molar-refractivity contribution in [2.24, 2.45) is 0 Å². The van der Waals surface area contributed by atoms with E-state index in [-0.39, 0.29) is 0 Å². The summed E-state index contributed by atoms with van der Waals surface area (Å²) in [4.78, 5) is 0. The van der Waals surface area contributed by atoms with Crippen molar-refractivity contribution in [3.63, 3.8) is 0 Å². The van der Waals surface area contributed by atoms with Crippen LogP contribution in [0.1, 0.15) is 61.8 Å². The minimum absolute atomic E-state index is 0.735. The van der Waals surface area contributed by atoms with E-state index in [0.717, 1.165) is 82.4 Å². The van der Waals surface area contributed by atoms with Crippen molar-refractivity contribution in [3.8, 4) is 23.4 Å². The van der Waals surface area contributed by atoms with Gasteiger partial charge in [-0.3, -0.25) is 0 Å². The Morgan fingerprint density at radius 2 is 1.23 bits per heavy atom. The van der Waals surface area contributed by atoms with Crippen LogP contribution in [0.15, 0.2) is 91.1 Å². The van der Waals surface area contributed by atoms with Crippen LogP contribution >= 0.6 is 22.6 Å². The molecule has 0 atom stereocenters. The summed E-state index contributed by atoms with van der Waals surface area (Å²) in [5.41, 5.74) is 21.2. The Balaban J connectivity index is 0.000000180. The molecule has 0 aliphatic heterocycles. The predicted molar refractivity (Wildman–Crippen MR) is 206 cm³/mol. The summed E-state index contributed by atoms with van der Waals surface area (Å²) in [6.07, 6.45) is 6.51. The number of halogens is 1. The van der Waals surface area contributed by atoms with Crippen LogP contribution < -0.4 is 11.5 Å². The van der Waals surface area contributed by atoms with E-state index in [2.05, 4.69) is 102 Å². The van der Waals surface area contributed by atoms with Gasteiger partial charge in [0.2, 0.25) is 0 Å². The highest BCUT2D eigenvalue weighted by Gasteiger charge is 2.18. The molecule has 0 fully saturated rings. The van der Waals surface area contributed by atoms with Gasteiger partial charge >= 0.3 is 0 Å². The van der Waals surface area contributed by atoms with Crippen molar-refractivity contribution >= 4 is 55.8 Å². The first-order chi connectivity index (χ1) is 22.7. The highest BCUT2D eigenvalue weighted by Crippen LogP contribution is 2.34. The number of nitrogen functional groups attached to an aromatic ring is 2. The summed E-state index contributed by atoms with van der Waals surface area (Å²) in [7, 11) is 0. The zero-order valence-corrected chi connectivity index (χ0v) is 29.9. The Morgan fingerprint density at radius 3 is 1.79 bits per heavy atom. The fraction of sp³-hybridized carbons (Fsp3) is 0.250. The lowest BCUT2D eigenvalue weighted by Crippen LogP contribution is -2.01. The van der Waals surface area contributed by atoms with E-state index in [0.29, 0.717) is 0 Å². The predicted octanol–water partition coefficient (Wildman–Crippen LogP) is 10.4. The molecule has 47 heavy (non-hydrogen) atoms. The van der Waals surface area contributed by atoms with E-state index in [1.165, 1.54) is 26.6 Å². The Labute approximate surface area is 292 Å². The summed E-state index contributed by atoms with van der Waals surface area (Å²) in [5.74, 6) is 0. The van der Waals surface area contributed by atoms with Gasteiger partial charge in [0.15, 0.2) is 0 Å². The monoisotopic (exact) mass is 734 g/mol. The van der Waals surface area contributed by atoms with Crippen LogP contribution in [0.25, 0.3) is 33.1 Å². The van der Waals surface area contributed by atoms with Crippen LogP contribution in [0, 0.1) is 40.1 Å². The number of fused-ring (bicyclic) bond motifs is 2. The van der Waals surface area contributed by atoms with Crippen molar-refractivity contribution < 1.29 is 0 Å². The fourth-order valence-electron chi connectivity index (χ4n) is 5.53. The number of aromatic nitrogens is 2. The molecule has 0 aliphatic carbocycles. The molecule has 6 rings (SSSR count). The van der Waals surface area contributed by atoms with Crippen molar-refractivity contribution in [2.75, 3.05) is 11.5 Å². The van der Waals surface area contributed by atoms with Crippen molar-refractivity contribution in [1.82, 2.24) is 9.13 Å². The van der Waals surface area contributed by atoms with E-state index in [9.17, 15) is 5.26 Å². The summed E-state index contributed by atoms with van der Waals surface area (Å²) < 4.78 is 5.71. The van der Waals surface area contributed by atoms with Gasteiger partial charge in [0.05, 0.1) is 22.3 Å². The van der Waals surface area contributed by atoms with Gasteiger partial charge in [0.1, 0.15) is 12.1 Å². The van der Waals surface area contributed by atoms with E-state index >= 15 is 0 Å². The minimum Gasteiger partial charge on any atom is -0.399 e. The van der Waals surface area contributed by atoms with Gasteiger partial charge in [-0.1, -0.05) is 63.1 Å². The van der Waals surface area contributed by atoms with Crippen molar-refractivity contribution in [1.29, 1.82) is 10.5 Å². The second-order valence-corrected chi connectivity index (χ2v) is 13.0. The molecular weight excluding hydrogens is 691 g/mol. The van der Waals surface area contributed by atoms with Crippen LogP contribution in [-0.2, 0) is 13.1 Å². The quantitative estimate of drug-likeness (QED) is 0.126. The highest BCUT2D eigenvalue weighted by atomic mass is 127. The number of hydrogen-bond acceptors (Lipinski definition) is 4. The third-order valence-electron chi connectivity index (χ3n) is 8.03. The van der Waals surface area contributed by atoms with Crippen LogP contribution in [0.5, 0.6) is 0 Å². The molecule has 6 aromatic rings. The molecule has 0 radical (unpaired) electrons. The Bertz CT molecular complexity index is 2000. The van der Waals surface area contributed by atoms with Crippen LogP contribution in [0.3, 0.4) is 0 Å². The summed E-state index contributed by atoms with van der Waals surface area (Å²) in [5, 5.41) is 20.9. The minimum atomic E-state index is 0.735. The summed E-state index contributed by atoms with van der Waals surface area (Å²) >= 11 is 2.24. The Morgan fingerprint density at radius 1 is 0.681 bits per heavy atom. The zero-order valence-electron chi connectivity index (χ0n) is 27.7. The SMILES string of the molecule is CCCCn1c(-c2ccc(N)cc2)c(C#N)c2ccc(C)cc21.CCCCn1cc(C#N)c2ccc(C)cc21.Nc1ccc(I)cc1. The molecule has 4 N–H and O–H groups in total. The first-order valence-electron chi connectivity index (χ1n) is 16.1. The van der Waals surface area contributed by atoms with Gasteiger partial charge in [-0.25, -0.2) is 0 Å². The van der Waals surface area contributed by atoms with E-state index in [1.807, 2.05) is 60.8 Å². The summed E-state index contributed by atoms with van der Waals surface area (Å²) in [6.45, 7) is 10.5. The number of nitrogens with two attached hydrogens (primary N) is 2. The maximum Gasteiger partial charge on any atom is 0.102 e. The third-order valence-corrected chi connectivity index (χ3v) is 8.75. The molecule has 240 valence electrons. The number of unbranched alkanes of at least 4 members (excludes halogenated alkanes) is 2. The lowest BCUT2D eigenvalue weighted by molar-refractivity contribution is 0.649. The smallest absolute Gasteiger partial charge is 0.102 e. The molecule has 2 heterocycles. The average molecular weight is 735 g/mol. The van der Waals surface area contributed by atoms with Gasteiger partial charge in [-0.2, -0.15) is 10.5 Å². The number of anilines is 2. The average Bonchev–Trinajstić information content (AvgIpc) is 3.58. The molecule has 0 aliphatic rings. The molecular formula is C40H43IN6. The number of hydrogen-bond donors (Lipinski definition) is 2.